The zero-order valence-corrected chi connectivity index (χ0v) is 6.13. The van der Waals surface area contributed by atoms with Crippen LogP contribution in [0, 0.1) is 0 Å². The molecule has 0 saturated carbocycles. The number of hydrogen-bond donors (Lipinski definition) is 1. The molecule has 6 heteroatoms. The van der Waals surface area contributed by atoms with E-state index in [-0.39, 0.29) is 5.96 Å². The highest BCUT2D eigenvalue weighted by molar-refractivity contribution is 7.34. The average Bonchev–Trinajstić information content (AvgIpc) is 1.84. The Morgan fingerprint density at radius 1 is 1.89 bits per heavy atom. The highest BCUT2D eigenvalue weighted by atomic mass is 31.1. The van der Waals surface area contributed by atoms with E-state index in [1.807, 2.05) is 0 Å². The molecule has 5 nitrogen and oxygen atoms in total. The molecule has 0 aromatic rings. The van der Waals surface area contributed by atoms with Crippen molar-refractivity contribution in [3.63, 3.8) is 0 Å². The first-order valence-corrected chi connectivity index (χ1v) is 3.33. The number of rotatable bonds is 1. The molecular formula is C3H8N3O2P. The van der Waals surface area contributed by atoms with Crippen molar-refractivity contribution >= 4 is 14.1 Å². The van der Waals surface area contributed by atoms with Crippen molar-refractivity contribution in [2.75, 3.05) is 14.1 Å². The third-order valence-corrected chi connectivity index (χ3v) is 1.50. The molecule has 0 aromatic heterocycles. The number of nitrogens with zero attached hydrogens (tertiary/aromatic N) is 2. The summed E-state index contributed by atoms with van der Waals surface area (Å²) in [6, 6.07) is 0. The Labute approximate surface area is 54.1 Å². The molecule has 0 bridgehead atoms. The third kappa shape index (κ3) is 2.39. The van der Waals surface area contributed by atoms with Crippen molar-refractivity contribution in [2.45, 2.75) is 0 Å². The van der Waals surface area contributed by atoms with Gasteiger partial charge in [-0.3, -0.25) is 4.99 Å². The highest BCUT2D eigenvalue weighted by Gasteiger charge is 2.12. The zero-order valence-electron chi connectivity index (χ0n) is 5.24. The molecule has 0 heterocycles. The quantitative estimate of drug-likeness (QED) is 0.291. The van der Waals surface area contributed by atoms with Gasteiger partial charge in [-0.1, -0.05) is 0 Å². The molecule has 0 saturated heterocycles. The van der Waals surface area contributed by atoms with E-state index in [2.05, 4.69) is 4.99 Å². The Hall–Kier alpha value is -0.670. The largest absolute Gasteiger partial charge is 0.573 e. The summed E-state index contributed by atoms with van der Waals surface area (Å²) in [5.74, 6) is -0.00823. The second kappa shape index (κ2) is 3.37. The van der Waals surface area contributed by atoms with Gasteiger partial charge in [0.1, 0.15) is 0 Å². The Bertz CT molecular complexity index is 146. The fourth-order valence-electron chi connectivity index (χ4n) is 0.228. The van der Waals surface area contributed by atoms with Crippen molar-refractivity contribution in [1.82, 2.24) is 4.67 Å². The summed E-state index contributed by atoms with van der Waals surface area (Å²) in [4.78, 5) is 13.5. The maximum absolute atomic E-state index is 10.1. The van der Waals surface area contributed by atoms with Gasteiger partial charge in [0.05, 0.1) is 7.05 Å². The summed E-state index contributed by atoms with van der Waals surface area (Å²) in [6.07, 6.45) is 0. The minimum Gasteiger partial charge on any atom is -0.573 e. The topological polar surface area (TPSA) is 81.8 Å². The molecule has 0 radical (unpaired) electrons. The van der Waals surface area contributed by atoms with Gasteiger partial charge in [-0.2, -0.15) is 0 Å². The predicted molar refractivity (Wildman–Crippen MR) is 32.9 cm³/mol. The summed E-state index contributed by atoms with van der Waals surface area (Å²) >= 11 is 0. The van der Waals surface area contributed by atoms with Gasteiger partial charge in [0.2, 0.25) is 5.96 Å². The van der Waals surface area contributed by atoms with Crippen LogP contribution in [0.1, 0.15) is 0 Å². The molecule has 1 unspecified atom stereocenters. The molecule has 2 N–H and O–H groups in total. The van der Waals surface area contributed by atoms with Crippen LogP contribution in [0.2, 0.25) is 0 Å². The van der Waals surface area contributed by atoms with Gasteiger partial charge in [-0.25, -0.2) is 0 Å². The van der Waals surface area contributed by atoms with E-state index in [0.29, 0.717) is 0 Å². The molecule has 0 amide bonds. The van der Waals surface area contributed by atoms with Gasteiger partial charge in [0.15, 0.2) is 0 Å². The van der Waals surface area contributed by atoms with Crippen LogP contribution in [0.25, 0.3) is 0 Å². The first-order valence-electron chi connectivity index (χ1n) is 2.20. The summed E-state index contributed by atoms with van der Waals surface area (Å²) in [5, 5.41) is 0. The fourth-order valence-corrected chi connectivity index (χ4v) is 0.485. The van der Waals surface area contributed by atoms with Gasteiger partial charge in [0.25, 0.3) is 0 Å². The summed E-state index contributed by atoms with van der Waals surface area (Å²) in [5.41, 5.74) is 5.11. The van der Waals surface area contributed by atoms with Crippen LogP contribution in [0.15, 0.2) is 4.99 Å². The first kappa shape index (κ1) is 8.33. The molecule has 0 rings (SSSR count). The van der Waals surface area contributed by atoms with Crippen LogP contribution >= 0.6 is 8.18 Å². The monoisotopic (exact) mass is 149 g/mol. The van der Waals surface area contributed by atoms with E-state index >= 15 is 0 Å². The van der Waals surface area contributed by atoms with Crippen LogP contribution in [0.5, 0.6) is 0 Å². The lowest BCUT2D eigenvalue weighted by Gasteiger charge is -2.04. The van der Waals surface area contributed by atoms with E-state index in [9.17, 15) is 9.46 Å². The number of hydrogen-bond acceptors (Lipinski definition) is 3. The molecule has 9 heavy (non-hydrogen) atoms. The molecule has 52 valence electrons. The Morgan fingerprint density at radius 3 is 2.44 bits per heavy atom. The van der Waals surface area contributed by atoms with Crippen molar-refractivity contribution in [2.24, 2.45) is 10.7 Å². The predicted octanol–water partition coefficient (Wildman–Crippen LogP) is -1.12. The average molecular weight is 149 g/mol. The van der Waals surface area contributed by atoms with Gasteiger partial charge < -0.3 is 10.6 Å². The molecule has 1 atom stereocenters. The standard InChI is InChI=1S/C3H8N3O2P/c1-5-3(4)6(2)9(7)8/h1-2H3,(H2,4,5). The summed E-state index contributed by atoms with van der Waals surface area (Å²) in [7, 11) is 0.119. The lowest BCUT2D eigenvalue weighted by atomic mass is 11.0. The molecule has 0 spiro atoms. The Morgan fingerprint density at radius 2 is 2.33 bits per heavy atom. The lowest BCUT2D eigenvalue weighted by Crippen LogP contribution is -2.30. The van der Waals surface area contributed by atoms with Gasteiger partial charge in [-0.05, 0) is 4.57 Å². The molecule has 0 aliphatic heterocycles. The van der Waals surface area contributed by atoms with E-state index in [1.165, 1.54) is 14.1 Å². The molecule has 0 aromatic carbocycles. The molecule has 0 aliphatic carbocycles. The third-order valence-electron chi connectivity index (χ3n) is 0.806. The van der Waals surface area contributed by atoms with Crippen molar-refractivity contribution in [3.05, 3.63) is 0 Å². The highest BCUT2D eigenvalue weighted by Crippen LogP contribution is 2.10. The van der Waals surface area contributed by atoms with Crippen LogP contribution in [-0.2, 0) is 4.57 Å². The van der Waals surface area contributed by atoms with Crippen LogP contribution in [-0.4, -0.2) is 24.7 Å². The van der Waals surface area contributed by atoms with Crippen LogP contribution < -0.4 is 10.6 Å². The van der Waals surface area contributed by atoms with Gasteiger partial charge in [0, 0.05) is 7.05 Å². The molecular weight excluding hydrogens is 141 g/mol. The summed E-state index contributed by atoms with van der Waals surface area (Å²) < 4.78 is 11.0. The van der Waals surface area contributed by atoms with Crippen molar-refractivity contribution in [3.8, 4) is 0 Å². The van der Waals surface area contributed by atoms with Crippen molar-refractivity contribution < 1.29 is 9.46 Å². The fraction of sp³-hybridized carbons (Fsp3) is 0.667. The SMILES string of the molecule is CN=C(N)N(C)[P+](=O)[O-]. The maximum Gasteiger partial charge on any atom is 0.442 e. The Balaban J connectivity index is 4.04. The minimum absolute atomic E-state index is 0.00823. The smallest absolute Gasteiger partial charge is 0.442 e. The Kier molecular flexibility index (Phi) is 3.12. The lowest BCUT2D eigenvalue weighted by molar-refractivity contribution is -0.171. The molecule has 0 aliphatic rings. The van der Waals surface area contributed by atoms with Gasteiger partial charge in [-0.15, -0.1) is 4.67 Å². The second-order valence-corrected chi connectivity index (χ2v) is 2.42. The van der Waals surface area contributed by atoms with Crippen LogP contribution in [0.3, 0.4) is 0 Å². The maximum atomic E-state index is 10.1. The van der Waals surface area contributed by atoms with E-state index in [1.54, 1.807) is 0 Å². The van der Waals surface area contributed by atoms with Crippen LogP contribution in [0.4, 0.5) is 0 Å². The van der Waals surface area contributed by atoms with Crippen molar-refractivity contribution in [1.29, 1.82) is 0 Å². The molecule has 0 fully saturated rings. The first-order chi connectivity index (χ1) is 4.09. The second-order valence-electron chi connectivity index (χ2n) is 1.34. The zero-order chi connectivity index (χ0) is 7.44. The van der Waals surface area contributed by atoms with E-state index < -0.39 is 8.18 Å². The number of aliphatic imine (C=N–C) groups is 1. The minimum atomic E-state index is -2.63. The van der Waals surface area contributed by atoms with Gasteiger partial charge >= 0.3 is 8.18 Å². The normalized spacial score (nSPS) is 13.2. The summed E-state index contributed by atoms with van der Waals surface area (Å²) in [6.45, 7) is 0. The van der Waals surface area contributed by atoms with E-state index in [4.69, 9.17) is 5.73 Å². The van der Waals surface area contributed by atoms with E-state index in [0.717, 1.165) is 4.67 Å². The number of guanidine groups is 1. The number of nitrogens with two attached hydrogens (primary N) is 1.